The van der Waals surface area contributed by atoms with Gasteiger partial charge in [-0.1, -0.05) is 6.92 Å². The van der Waals surface area contributed by atoms with Crippen molar-refractivity contribution in [3.63, 3.8) is 0 Å². The van der Waals surface area contributed by atoms with Gasteiger partial charge in [0.25, 0.3) is 0 Å². The van der Waals surface area contributed by atoms with E-state index in [1.807, 2.05) is 0 Å². The molecule has 0 saturated carbocycles. The molecule has 2 rings (SSSR count). The molecule has 2 heterocycles. The number of carbonyl (C=O) groups is 1. The standard InChI is InChI=1S/C15H26O14S/c1-5-7(16)10(6(27-14(5)25-3)4-26-30(21,22)23)28-15-9(18)8(17)11(24-2)12(29-15)13(19)20/h5-12,14-18H,4H2,1-3H3,(H,19,20)(H,21,22,23)/t5?,6?,7-,8-,9?,10-,11+,12?,14+,15-/m1/s1. The zero-order valence-electron chi connectivity index (χ0n) is 16.3. The van der Waals surface area contributed by atoms with Gasteiger partial charge in [-0.2, -0.15) is 8.42 Å². The monoisotopic (exact) mass is 462 g/mol. The average Bonchev–Trinajstić information content (AvgIpc) is 2.67. The molecule has 0 aromatic heterocycles. The molecule has 0 aromatic carbocycles. The van der Waals surface area contributed by atoms with Crippen molar-refractivity contribution in [2.45, 2.75) is 62.2 Å². The van der Waals surface area contributed by atoms with Crippen LogP contribution in [0.4, 0.5) is 0 Å². The number of aliphatic hydroxyl groups excluding tert-OH is 3. The van der Waals surface area contributed by atoms with Gasteiger partial charge in [0, 0.05) is 20.1 Å². The summed E-state index contributed by atoms with van der Waals surface area (Å²) in [5.41, 5.74) is 0. The molecule has 5 N–H and O–H groups in total. The van der Waals surface area contributed by atoms with E-state index in [0.29, 0.717) is 0 Å². The van der Waals surface area contributed by atoms with Crippen LogP contribution in [-0.4, -0.2) is 116 Å². The second-order valence-corrected chi connectivity index (χ2v) is 7.98. The van der Waals surface area contributed by atoms with Gasteiger partial charge in [-0.15, -0.1) is 0 Å². The van der Waals surface area contributed by atoms with Crippen LogP contribution in [0.2, 0.25) is 0 Å². The Morgan fingerprint density at radius 3 is 2.10 bits per heavy atom. The van der Waals surface area contributed by atoms with Crippen LogP contribution in [0.1, 0.15) is 6.92 Å². The maximum atomic E-state index is 11.4. The molecular weight excluding hydrogens is 436 g/mol. The molecule has 2 saturated heterocycles. The van der Waals surface area contributed by atoms with Crippen LogP contribution in [0, 0.1) is 5.92 Å². The summed E-state index contributed by atoms with van der Waals surface area (Å²) < 4.78 is 61.1. The Morgan fingerprint density at radius 2 is 1.60 bits per heavy atom. The first-order valence-corrected chi connectivity index (χ1v) is 10.2. The third-order valence-corrected chi connectivity index (χ3v) is 5.38. The summed E-state index contributed by atoms with van der Waals surface area (Å²) in [7, 11) is -2.46. The van der Waals surface area contributed by atoms with Gasteiger partial charge < -0.3 is 44.1 Å². The zero-order chi connectivity index (χ0) is 22.8. The molecule has 4 unspecified atom stereocenters. The number of hydrogen-bond acceptors (Lipinski definition) is 12. The van der Waals surface area contributed by atoms with E-state index in [1.54, 1.807) is 0 Å². The minimum Gasteiger partial charge on any atom is -0.479 e. The predicted octanol–water partition coefficient (Wildman–Crippen LogP) is -2.89. The van der Waals surface area contributed by atoms with Gasteiger partial charge >= 0.3 is 16.4 Å². The van der Waals surface area contributed by atoms with Crippen LogP contribution < -0.4 is 0 Å². The largest absolute Gasteiger partial charge is 0.479 e. The summed E-state index contributed by atoms with van der Waals surface area (Å²) in [5.74, 6) is -2.21. The Morgan fingerprint density at radius 1 is 0.967 bits per heavy atom. The van der Waals surface area contributed by atoms with Gasteiger partial charge in [0.2, 0.25) is 0 Å². The molecule has 0 spiro atoms. The molecule has 176 valence electrons. The highest BCUT2D eigenvalue weighted by molar-refractivity contribution is 7.80. The topological polar surface area (TPSA) is 208 Å². The Labute approximate surface area is 172 Å². The average molecular weight is 462 g/mol. The Kier molecular flexibility index (Phi) is 8.51. The van der Waals surface area contributed by atoms with Crippen molar-refractivity contribution in [2.75, 3.05) is 20.8 Å². The van der Waals surface area contributed by atoms with Crippen molar-refractivity contribution in [1.82, 2.24) is 0 Å². The molecule has 30 heavy (non-hydrogen) atoms. The van der Waals surface area contributed by atoms with Crippen molar-refractivity contribution >= 4 is 16.4 Å². The maximum Gasteiger partial charge on any atom is 0.397 e. The maximum absolute atomic E-state index is 11.4. The number of aliphatic carboxylic acids is 1. The quantitative estimate of drug-likeness (QED) is 0.229. The second-order valence-electron chi connectivity index (χ2n) is 6.89. The summed E-state index contributed by atoms with van der Waals surface area (Å²) in [4.78, 5) is 11.4. The second kappa shape index (κ2) is 10.1. The van der Waals surface area contributed by atoms with Gasteiger partial charge in [-0.25, -0.2) is 8.98 Å². The van der Waals surface area contributed by atoms with Crippen molar-refractivity contribution in [3.05, 3.63) is 0 Å². The minimum atomic E-state index is -4.86. The summed E-state index contributed by atoms with van der Waals surface area (Å²) in [6.45, 7) is 0.727. The van der Waals surface area contributed by atoms with E-state index in [2.05, 4.69) is 4.18 Å². The van der Waals surface area contributed by atoms with Gasteiger partial charge in [-0.05, 0) is 0 Å². The lowest BCUT2D eigenvalue weighted by Crippen LogP contribution is -2.64. The van der Waals surface area contributed by atoms with E-state index in [1.165, 1.54) is 14.0 Å². The molecule has 0 bridgehead atoms. The fraction of sp³-hybridized carbons (Fsp3) is 0.933. The number of carboxylic acid groups (broad SMARTS) is 1. The molecule has 2 fully saturated rings. The molecule has 0 aliphatic carbocycles. The normalized spacial score (nSPS) is 42.8. The first-order chi connectivity index (χ1) is 13.9. The van der Waals surface area contributed by atoms with Crippen LogP contribution in [0.5, 0.6) is 0 Å². The lowest BCUT2D eigenvalue weighted by atomic mass is 9.92. The molecule has 0 radical (unpaired) electrons. The van der Waals surface area contributed by atoms with E-state index < -0.39 is 84.2 Å². The summed E-state index contributed by atoms with van der Waals surface area (Å²) >= 11 is 0. The molecule has 2 aliphatic rings. The fourth-order valence-electron chi connectivity index (χ4n) is 3.35. The van der Waals surface area contributed by atoms with E-state index >= 15 is 0 Å². The van der Waals surface area contributed by atoms with E-state index in [4.69, 9.17) is 28.2 Å². The first-order valence-electron chi connectivity index (χ1n) is 8.82. The Bertz CT molecular complexity index is 685. The van der Waals surface area contributed by atoms with Crippen molar-refractivity contribution in [2.24, 2.45) is 5.92 Å². The molecule has 0 amide bonds. The first kappa shape index (κ1) is 25.3. The van der Waals surface area contributed by atoms with Crippen molar-refractivity contribution in [3.8, 4) is 0 Å². The molecule has 10 atom stereocenters. The third-order valence-electron chi connectivity index (χ3n) is 4.94. The number of ether oxygens (including phenoxy) is 5. The molecule has 14 nitrogen and oxygen atoms in total. The molecule has 0 aromatic rings. The zero-order valence-corrected chi connectivity index (χ0v) is 17.1. The Hall–Kier alpha value is -0.980. The summed E-state index contributed by atoms with van der Waals surface area (Å²) in [5, 5.41) is 40.4. The highest BCUT2D eigenvalue weighted by Gasteiger charge is 2.52. The van der Waals surface area contributed by atoms with Crippen LogP contribution in [-0.2, 0) is 43.1 Å². The van der Waals surface area contributed by atoms with Gasteiger partial charge in [-0.3, -0.25) is 4.55 Å². The number of methoxy groups -OCH3 is 2. The van der Waals surface area contributed by atoms with E-state index in [-0.39, 0.29) is 0 Å². The SMILES string of the molecule is CO[C@H]1OC(COS(=O)(=O)O)[C@@H](O[C@@H]2OC(C(=O)O)[C@@H](OC)[C@H](O)C2O)[C@H](O)C1C. The van der Waals surface area contributed by atoms with Gasteiger partial charge in [0.05, 0.1) is 12.7 Å². The van der Waals surface area contributed by atoms with Crippen LogP contribution >= 0.6 is 0 Å². The highest BCUT2D eigenvalue weighted by Crippen LogP contribution is 2.32. The fourth-order valence-corrected chi connectivity index (χ4v) is 3.65. The number of hydrogen-bond donors (Lipinski definition) is 5. The number of carboxylic acids is 1. The van der Waals surface area contributed by atoms with Crippen LogP contribution in [0.25, 0.3) is 0 Å². The van der Waals surface area contributed by atoms with Crippen molar-refractivity contribution < 1.29 is 66.1 Å². The lowest BCUT2D eigenvalue weighted by Gasteiger charge is -2.46. The highest BCUT2D eigenvalue weighted by atomic mass is 32.3. The van der Waals surface area contributed by atoms with Crippen LogP contribution in [0.15, 0.2) is 0 Å². The smallest absolute Gasteiger partial charge is 0.397 e. The third kappa shape index (κ3) is 5.63. The summed E-state index contributed by atoms with van der Waals surface area (Å²) in [6, 6.07) is 0. The number of rotatable bonds is 8. The molecule has 15 heteroatoms. The van der Waals surface area contributed by atoms with E-state index in [0.717, 1.165) is 7.11 Å². The predicted molar refractivity (Wildman–Crippen MR) is 92.3 cm³/mol. The van der Waals surface area contributed by atoms with E-state index in [9.17, 15) is 33.6 Å². The lowest BCUT2D eigenvalue weighted by molar-refractivity contribution is -0.347. The molecule has 2 aliphatic heterocycles. The van der Waals surface area contributed by atoms with Gasteiger partial charge in [0.1, 0.15) is 30.5 Å². The Balaban J connectivity index is 2.24. The van der Waals surface area contributed by atoms with Gasteiger partial charge in [0.15, 0.2) is 18.7 Å². The van der Waals surface area contributed by atoms with Crippen molar-refractivity contribution in [1.29, 1.82) is 0 Å². The minimum absolute atomic E-state index is 0.713. The molecular formula is C15H26O14S. The van der Waals surface area contributed by atoms with Crippen LogP contribution in [0.3, 0.4) is 0 Å². The summed E-state index contributed by atoms with van der Waals surface area (Å²) in [6.07, 6.45) is -13.5. The number of aliphatic hydroxyl groups is 3.